The van der Waals surface area contributed by atoms with Gasteiger partial charge in [-0.1, -0.05) is 26.2 Å². The van der Waals surface area contributed by atoms with Crippen LogP contribution >= 0.6 is 11.8 Å². The van der Waals surface area contributed by atoms with Crippen LogP contribution in [0.2, 0.25) is 0 Å². The van der Waals surface area contributed by atoms with Gasteiger partial charge in [0.15, 0.2) is 0 Å². The summed E-state index contributed by atoms with van der Waals surface area (Å²) >= 11 is 2.00. The Balaban J connectivity index is 2.12. The van der Waals surface area contributed by atoms with Crippen molar-refractivity contribution in [1.82, 2.24) is 5.32 Å². The molecule has 0 heterocycles. The second kappa shape index (κ2) is 8.01. The highest BCUT2D eigenvalue weighted by Gasteiger charge is 2.15. The minimum absolute atomic E-state index is 0.0527. The Labute approximate surface area is 97.8 Å². The minimum Gasteiger partial charge on any atom is -0.301 e. The Morgan fingerprint density at radius 1 is 1.40 bits per heavy atom. The second-order valence-electron chi connectivity index (χ2n) is 4.23. The molecule has 0 aromatic heterocycles. The topological polar surface area (TPSA) is 35.8 Å². The van der Waals surface area contributed by atoms with Crippen molar-refractivity contribution in [3.8, 4) is 6.07 Å². The molecule has 0 spiro atoms. The van der Waals surface area contributed by atoms with Crippen molar-refractivity contribution in [3.05, 3.63) is 0 Å². The van der Waals surface area contributed by atoms with Crippen LogP contribution < -0.4 is 5.32 Å². The average Bonchev–Trinajstić information content (AvgIpc) is 2.31. The van der Waals surface area contributed by atoms with E-state index in [9.17, 15) is 0 Å². The number of nitriles is 1. The van der Waals surface area contributed by atoms with Crippen molar-refractivity contribution in [2.24, 2.45) is 0 Å². The molecule has 0 bridgehead atoms. The van der Waals surface area contributed by atoms with Crippen LogP contribution in [0.4, 0.5) is 0 Å². The van der Waals surface area contributed by atoms with E-state index in [1.807, 2.05) is 11.8 Å². The molecule has 0 aromatic rings. The van der Waals surface area contributed by atoms with E-state index < -0.39 is 0 Å². The molecule has 0 radical (unpaired) electrons. The van der Waals surface area contributed by atoms with E-state index in [2.05, 4.69) is 18.3 Å². The molecule has 15 heavy (non-hydrogen) atoms. The predicted molar refractivity (Wildman–Crippen MR) is 67.0 cm³/mol. The lowest BCUT2D eigenvalue weighted by molar-refractivity contribution is 0.515. The Morgan fingerprint density at radius 3 is 2.73 bits per heavy atom. The summed E-state index contributed by atoms with van der Waals surface area (Å²) < 4.78 is 0. The third-order valence-corrected chi connectivity index (χ3v) is 4.32. The zero-order valence-corrected chi connectivity index (χ0v) is 10.5. The minimum atomic E-state index is 0.0527. The Kier molecular flexibility index (Phi) is 6.87. The molecule has 1 aliphatic carbocycles. The first kappa shape index (κ1) is 12.9. The Bertz CT molecular complexity index is 194. The third-order valence-electron chi connectivity index (χ3n) is 2.85. The zero-order chi connectivity index (χ0) is 10.9. The molecule has 1 fully saturated rings. The van der Waals surface area contributed by atoms with Crippen molar-refractivity contribution in [2.45, 2.75) is 56.7 Å². The van der Waals surface area contributed by atoms with Crippen LogP contribution in [-0.2, 0) is 0 Å². The smallest absolute Gasteiger partial charge is 0.104 e. The molecule has 0 aliphatic heterocycles. The van der Waals surface area contributed by atoms with Gasteiger partial charge in [-0.25, -0.2) is 0 Å². The molecule has 1 rings (SSSR count). The molecule has 86 valence electrons. The number of nitrogens with one attached hydrogen (secondary N) is 1. The van der Waals surface area contributed by atoms with Crippen molar-refractivity contribution >= 4 is 11.8 Å². The summed E-state index contributed by atoms with van der Waals surface area (Å²) in [5, 5.41) is 13.1. The van der Waals surface area contributed by atoms with Gasteiger partial charge in [0.1, 0.15) is 6.04 Å². The quantitative estimate of drug-likeness (QED) is 0.756. The molecule has 2 nitrogen and oxygen atoms in total. The fraction of sp³-hybridized carbons (Fsp3) is 0.917. The van der Waals surface area contributed by atoms with Gasteiger partial charge in [-0.2, -0.15) is 17.0 Å². The average molecular weight is 226 g/mol. The normalized spacial score (nSPS) is 19.7. The first-order chi connectivity index (χ1) is 7.36. The number of rotatable bonds is 6. The molecule has 0 aromatic carbocycles. The van der Waals surface area contributed by atoms with Gasteiger partial charge in [-0.15, -0.1) is 0 Å². The van der Waals surface area contributed by atoms with E-state index in [0.29, 0.717) is 0 Å². The summed E-state index contributed by atoms with van der Waals surface area (Å²) in [6.07, 6.45) is 8.00. The van der Waals surface area contributed by atoms with Crippen LogP contribution in [-0.4, -0.2) is 23.6 Å². The summed E-state index contributed by atoms with van der Waals surface area (Å²) in [5.41, 5.74) is 0. The number of nitrogens with zero attached hydrogens (tertiary/aromatic N) is 1. The highest BCUT2D eigenvalue weighted by atomic mass is 32.2. The second-order valence-corrected chi connectivity index (χ2v) is 5.56. The van der Waals surface area contributed by atoms with Gasteiger partial charge in [0.05, 0.1) is 6.07 Å². The SMILES string of the molecule is CCCNC(C#N)CSC1CCCCC1. The van der Waals surface area contributed by atoms with Crippen LogP contribution in [0.25, 0.3) is 0 Å². The van der Waals surface area contributed by atoms with E-state index in [4.69, 9.17) is 5.26 Å². The van der Waals surface area contributed by atoms with Crippen LogP contribution in [0.15, 0.2) is 0 Å². The molecule has 0 amide bonds. The molecular weight excluding hydrogens is 204 g/mol. The largest absolute Gasteiger partial charge is 0.301 e. The zero-order valence-electron chi connectivity index (χ0n) is 9.67. The lowest BCUT2D eigenvalue weighted by Crippen LogP contribution is -2.31. The highest BCUT2D eigenvalue weighted by molar-refractivity contribution is 7.99. The molecule has 1 atom stereocenters. The van der Waals surface area contributed by atoms with Crippen LogP contribution in [0.5, 0.6) is 0 Å². The molecule has 3 heteroatoms. The standard InChI is InChI=1S/C12H22N2S/c1-2-8-14-11(9-13)10-15-12-6-4-3-5-7-12/h11-12,14H,2-8,10H2,1H3. The van der Waals surface area contributed by atoms with Crippen molar-refractivity contribution in [2.75, 3.05) is 12.3 Å². The van der Waals surface area contributed by atoms with E-state index in [1.54, 1.807) is 0 Å². The number of hydrogen-bond acceptors (Lipinski definition) is 3. The summed E-state index contributed by atoms with van der Waals surface area (Å²) in [6.45, 7) is 3.10. The van der Waals surface area contributed by atoms with E-state index in [1.165, 1.54) is 32.1 Å². The van der Waals surface area contributed by atoms with Crippen molar-refractivity contribution < 1.29 is 0 Å². The molecular formula is C12H22N2S. The number of hydrogen-bond donors (Lipinski definition) is 1. The monoisotopic (exact) mass is 226 g/mol. The molecule has 1 unspecified atom stereocenters. The third kappa shape index (κ3) is 5.44. The lowest BCUT2D eigenvalue weighted by Gasteiger charge is -2.22. The van der Waals surface area contributed by atoms with Gasteiger partial charge in [0.2, 0.25) is 0 Å². The Morgan fingerprint density at radius 2 is 2.13 bits per heavy atom. The molecule has 1 aliphatic rings. The maximum absolute atomic E-state index is 8.96. The first-order valence-electron chi connectivity index (χ1n) is 6.11. The van der Waals surface area contributed by atoms with Crippen LogP contribution in [0.1, 0.15) is 45.4 Å². The van der Waals surface area contributed by atoms with Gasteiger partial charge >= 0.3 is 0 Å². The van der Waals surface area contributed by atoms with E-state index in [-0.39, 0.29) is 6.04 Å². The van der Waals surface area contributed by atoms with Crippen LogP contribution in [0, 0.1) is 11.3 Å². The fourth-order valence-corrected chi connectivity index (χ4v) is 3.25. The summed E-state index contributed by atoms with van der Waals surface area (Å²) in [5.74, 6) is 0.959. The van der Waals surface area contributed by atoms with Crippen molar-refractivity contribution in [1.29, 1.82) is 5.26 Å². The Hall–Kier alpha value is -0.200. The number of thioether (sulfide) groups is 1. The van der Waals surface area contributed by atoms with Crippen molar-refractivity contribution in [3.63, 3.8) is 0 Å². The molecule has 1 saturated carbocycles. The van der Waals surface area contributed by atoms with Gasteiger partial charge in [0, 0.05) is 11.0 Å². The fourth-order valence-electron chi connectivity index (χ4n) is 1.92. The molecule has 0 saturated heterocycles. The predicted octanol–water partition coefficient (Wildman–Crippen LogP) is 2.94. The van der Waals surface area contributed by atoms with E-state index in [0.717, 1.165) is 24.0 Å². The molecule has 1 N–H and O–H groups in total. The van der Waals surface area contributed by atoms with Gasteiger partial charge in [0.25, 0.3) is 0 Å². The van der Waals surface area contributed by atoms with E-state index >= 15 is 0 Å². The van der Waals surface area contributed by atoms with Gasteiger partial charge in [-0.3, -0.25) is 0 Å². The summed E-state index contributed by atoms with van der Waals surface area (Å²) in [4.78, 5) is 0. The maximum Gasteiger partial charge on any atom is 0.104 e. The van der Waals surface area contributed by atoms with Gasteiger partial charge in [-0.05, 0) is 25.8 Å². The van der Waals surface area contributed by atoms with Gasteiger partial charge < -0.3 is 5.32 Å². The van der Waals surface area contributed by atoms with Crippen LogP contribution in [0.3, 0.4) is 0 Å². The summed E-state index contributed by atoms with van der Waals surface area (Å²) in [7, 11) is 0. The summed E-state index contributed by atoms with van der Waals surface area (Å²) in [6, 6.07) is 2.40. The lowest BCUT2D eigenvalue weighted by atomic mass is 10.0. The first-order valence-corrected chi connectivity index (χ1v) is 7.16. The maximum atomic E-state index is 8.96. The highest BCUT2D eigenvalue weighted by Crippen LogP contribution is 2.28.